The summed E-state index contributed by atoms with van der Waals surface area (Å²) < 4.78 is 0. The molecule has 0 aliphatic carbocycles. The van der Waals surface area contributed by atoms with E-state index < -0.39 is 12.1 Å². The van der Waals surface area contributed by atoms with Crippen LogP contribution in [0.5, 0.6) is 0 Å². The highest BCUT2D eigenvalue weighted by atomic mass is 32.1. The second-order valence-electron chi connectivity index (χ2n) is 4.77. The van der Waals surface area contributed by atoms with Gasteiger partial charge in [0.15, 0.2) is 0 Å². The van der Waals surface area contributed by atoms with Crippen LogP contribution in [0.3, 0.4) is 0 Å². The van der Waals surface area contributed by atoms with Crippen molar-refractivity contribution in [2.75, 3.05) is 0 Å². The highest BCUT2D eigenvalue weighted by molar-refractivity contribution is 7.08. The fourth-order valence-corrected chi connectivity index (χ4v) is 3.08. The lowest BCUT2D eigenvalue weighted by Gasteiger charge is -2.22. The summed E-state index contributed by atoms with van der Waals surface area (Å²) in [5.74, 6) is -0.127. The number of hydrogen-bond donors (Lipinski definition) is 2. The summed E-state index contributed by atoms with van der Waals surface area (Å²) in [6, 6.07) is 9.14. The van der Waals surface area contributed by atoms with E-state index in [0.29, 0.717) is 5.56 Å². The summed E-state index contributed by atoms with van der Waals surface area (Å²) in [7, 11) is 0. The molecule has 106 valence electrons. The number of aliphatic hydroxyl groups is 1. The summed E-state index contributed by atoms with van der Waals surface area (Å²) in [4.78, 5) is 12.4. The smallest absolute Gasteiger partial charge is 0.252 e. The van der Waals surface area contributed by atoms with Crippen LogP contribution in [-0.2, 0) is 6.42 Å². The average molecular weight is 289 g/mol. The lowest BCUT2D eigenvalue weighted by molar-refractivity contribution is 0.0858. The van der Waals surface area contributed by atoms with Gasteiger partial charge in [-0.1, -0.05) is 37.3 Å². The molecule has 2 unspecified atom stereocenters. The van der Waals surface area contributed by atoms with Crippen LogP contribution in [0.25, 0.3) is 0 Å². The normalized spacial score (nSPS) is 13.8. The highest BCUT2D eigenvalue weighted by Crippen LogP contribution is 2.20. The van der Waals surface area contributed by atoms with Gasteiger partial charge in [0.05, 0.1) is 17.7 Å². The maximum absolute atomic E-state index is 12.4. The molecule has 3 nitrogen and oxygen atoms in total. The van der Waals surface area contributed by atoms with E-state index >= 15 is 0 Å². The van der Waals surface area contributed by atoms with Gasteiger partial charge in [-0.25, -0.2) is 0 Å². The fraction of sp³-hybridized carbons (Fsp3) is 0.312. The first-order chi connectivity index (χ1) is 9.63. The predicted molar refractivity (Wildman–Crippen MR) is 82.0 cm³/mol. The van der Waals surface area contributed by atoms with Crippen LogP contribution in [0.1, 0.15) is 41.4 Å². The van der Waals surface area contributed by atoms with Crippen molar-refractivity contribution < 1.29 is 9.90 Å². The van der Waals surface area contributed by atoms with Gasteiger partial charge in [-0.05, 0) is 29.9 Å². The first kappa shape index (κ1) is 14.8. The molecule has 0 saturated heterocycles. The van der Waals surface area contributed by atoms with Crippen LogP contribution in [0.4, 0.5) is 0 Å². The molecule has 2 N–H and O–H groups in total. The van der Waals surface area contributed by atoms with E-state index in [0.717, 1.165) is 17.5 Å². The number of rotatable bonds is 5. The minimum absolute atomic E-state index is 0.127. The highest BCUT2D eigenvalue weighted by Gasteiger charge is 2.21. The van der Waals surface area contributed by atoms with Crippen molar-refractivity contribution in [3.8, 4) is 0 Å². The molecule has 1 aromatic heterocycles. The summed E-state index contributed by atoms with van der Waals surface area (Å²) in [5.41, 5.74) is 2.66. The number of hydrogen-bond acceptors (Lipinski definition) is 3. The van der Waals surface area contributed by atoms with Crippen molar-refractivity contribution in [2.24, 2.45) is 0 Å². The van der Waals surface area contributed by atoms with E-state index in [4.69, 9.17) is 0 Å². The molecule has 1 heterocycles. The van der Waals surface area contributed by atoms with Gasteiger partial charge >= 0.3 is 0 Å². The van der Waals surface area contributed by atoms with Gasteiger partial charge in [0, 0.05) is 5.38 Å². The van der Waals surface area contributed by atoms with Crippen molar-refractivity contribution >= 4 is 17.2 Å². The largest absolute Gasteiger partial charge is 0.391 e. The van der Waals surface area contributed by atoms with Gasteiger partial charge in [0.2, 0.25) is 0 Å². The Morgan fingerprint density at radius 2 is 2.00 bits per heavy atom. The molecule has 0 aliphatic rings. The first-order valence-corrected chi connectivity index (χ1v) is 7.66. The minimum Gasteiger partial charge on any atom is -0.391 e. The Bertz CT molecular complexity index is 563. The second-order valence-corrected chi connectivity index (χ2v) is 5.51. The number of benzene rings is 1. The molecule has 2 rings (SSSR count). The van der Waals surface area contributed by atoms with E-state index in [1.54, 1.807) is 6.92 Å². The first-order valence-electron chi connectivity index (χ1n) is 6.72. The van der Waals surface area contributed by atoms with E-state index in [-0.39, 0.29) is 5.91 Å². The molecule has 0 saturated carbocycles. The summed E-state index contributed by atoms with van der Waals surface area (Å²) in [5, 5.41) is 16.7. The molecule has 0 radical (unpaired) electrons. The van der Waals surface area contributed by atoms with Crippen LogP contribution in [-0.4, -0.2) is 17.1 Å². The Labute approximate surface area is 123 Å². The van der Waals surface area contributed by atoms with Gasteiger partial charge in [0.1, 0.15) is 0 Å². The molecule has 0 spiro atoms. The van der Waals surface area contributed by atoms with E-state index in [1.807, 2.05) is 48.0 Å². The molecule has 0 bridgehead atoms. The number of amides is 1. The van der Waals surface area contributed by atoms with Crippen LogP contribution in [0.15, 0.2) is 41.1 Å². The van der Waals surface area contributed by atoms with Crippen molar-refractivity contribution in [2.45, 2.75) is 32.4 Å². The van der Waals surface area contributed by atoms with Gasteiger partial charge in [0.25, 0.3) is 5.91 Å². The fourth-order valence-electron chi connectivity index (χ4n) is 2.16. The van der Waals surface area contributed by atoms with Crippen LogP contribution < -0.4 is 5.32 Å². The molecule has 2 atom stereocenters. The lowest BCUT2D eigenvalue weighted by atomic mass is 10.0. The standard InChI is InChI=1S/C16H19NO2S/c1-3-12-9-20-10-14(12)16(19)17-15(11(2)18)13-7-5-4-6-8-13/h4-11,15,18H,3H2,1-2H3,(H,17,19). The Morgan fingerprint density at radius 3 is 2.60 bits per heavy atom. The zero-order valence-electron chi connectivity index (χ0n) is 11.7. The third-order valence-electron chi connectivity index (χ3n) is 3.30. The van der Waals surface area contributed by atoms with E-state index in [9.17, 15) is 9.90 Å². The van der Waals surface area contributed by atoms with Gasteiger partial charge < -0.3 is 10.4 Å². The Kier molecular flexibility index (Phi) is 4.93. The van der Waals surface area contributed by atoms with E-state index in [1.165, 1.54) is 11.3 Å². The maximum Gasteiger partial charge on any atom is 0.252 e. The maximum atomic E-state index is 12.4. The monoisotopic (exact) mass is 289 g/mol. The minimum atomic E-state index is -0.648. The number of thiophene rings is 1. The molecule has 2 aromatic rings. The van der Waals surface area contributed by atoms with Crippen LogP contribution >= 0.6 is 11.3 Å². The molecule has 0 fully saturated rings. The van der Waals surface area contributed by atoms with Crippen molar-refractivity contribution in [1.29, 1.82) is 0 Å². The van der Waals surface area contributed by atoms with Crippen LogP contribution in [0.2, 0.25) is 0 Å². The van der Waals surface area contributed by atoms with Gasteiger partial charge in [-0.3, -0.25) is 4.79 Å². The number of carbonyl (C=O) groups is 1. The molecule has 20 heavy (non-hydrogen) atoms. The second kappa shape index (κ2) is 6.68. The van der Waals surface area contributed by atoms with Gasteiger partial charge in [-0.2, -0.15) is 11.3 Å². The summed E-state index contributed by atoms with van der Waals surface area (Å²) in [6.45, 7) is 3.72. The number of carbonyl (C=O) groups excluding carboxylic acids is 1. The number of aryl methyl sites for hydroxylation is 1. The van der Waals surface area contributed by atoms with Crippen LogP contribution in [0, 0.1) is 0 Å². The molecule has 1 amide bonds. The van der Waals surface area contributed by atoms with Crippen molar-refractivity contribution in [3.05, 3.63) is 57.8 Å². The Morgan fingerprint density at radius 1 is 1.30 bits per heavy atom. The van der Waals surface area contributed by atoms with Crippen molar-refractivity contribution in [1.82, 2.24) is 5.32 Å². The predicted octanol–water partition coefficient (Wildman–Crippen LogP) is 3.16. The zero-order chi connectivity index (χ0) is 14.5. The van der Waals surface area contributed by atoms with Crippen molar-refractivity contribution in [3.63, 3.8) is 0 Å². The number of nitrogens with one attached hydrogen (secondary N) is 1. The molecule has 1 aromatic carbocycles. The topological polar surface area (TPSA) is 49.3 Å². The molecule has 0 aliphatic heterocycles. The molecular formula is C16H19NO2S. The zero-order valence-corrected chi connectivity index (χ0v) is 12.5. The lowest BCUT2D eigenvalue weighted by Crippen LogP contribution is -2.35. The van der Waals surface area contributed by atoms with Gasteiger partial charge in [-0.15, -0.1) is 0 Å². The SMILES string of the molecule is CCc1cscc1C(=O)NC(c1ccccc1)C(C)O. The molecular weight excluding hydrogens is 270 g/mol. The quantitative estimate of drug-likeness (QED) is 0.888. The van der Waals surface area contributed by atoms with E-state index in [2.05, 4.69) is 5.32 Å². The Balaban J connectivity index is 2.19. The summed E-state index contributed by atoms with van der Waals surface area (Å²) >= 11 is 1.53. The molecule has 4 heteroatoms. The Hall–Kier alpha value is -1.65. The number of aliphatic hydroxyl groups excluding tert-OH is 1. The summed E-state index contributed by atoms with van der Waals surface area (Å²) in [6.07, 6.45) is 0.182. The average Bonchev–Trinajstić information content (AvgIpc) is 2.93. The third-order valence-corrected chi connectivity index (χ3v) is 4.09. The third kappa shape index (κ3) is 3.26.